The molecule has 0 atom stereocenters. The molecule has 2 heterocycles. The van der Waals surface area contributed by atoms with Crippen LogP contribution < -0.4 is 11.3 Å². The van der Waals surface area contributed by atoms with Crippen molar-refractivity contribution in [1.29, 1.82) is 0 Å². The van der Waals surface area contributed by atoms with E-state index in [0.29, 0.717) is 18.5 Å². The van der Waals surface area contributed by atoms with E-state index in [0.717, 1.165) is 22.2 Å². The lowest BCUT2D eigenvalue weighted by atomic mass is 10.1. The van der Waals surface area contributed by atoms with Gasteiger partial charge in [-0.2, -0.15) is 0 Å². The minimum atomic E-state index is -0.0965. The summed E-state index contributed by atoms with van der Waals surface area (Å²) in [6, 6.07) is 7.99. The number of aromatic nitrogens is 3. The van der Waals surface area contributed by atoms with Gasteiger partial charge in [-0.25, -0.2) is 0 Å². The van der Waals surface area contributed by atoms with Crippen LogP contribution in [0.25, 0.3) is 22.2 Å². The highest BCUT2D eigenvalue weighted by Crippen LogP contribution is 2.28. The number of hydrogen-bond donors (Lipinski definition) is 4. The van der Waals surface area contributed by atoms with Gasteiger partial charge < -0.3 is 10.7 Å². The second-order valence-electron chi connectivity index (χ2n) is 4.22. The summed E-state index contributed by atoms with van der Waals surface area (Å²) in [5.41, 5.74) is 9.03. The highest BCUT2D eigenvalue weighted by Gasteiger charge is 2.14. The molecule has 0 aliphatic heterocycles. The molecule has 0 unspecified atom stereocenters. The van der Waals surface area contributed by atoms with Gasteiger partial charge in [0, 0.05) is 28.2 Å². The van der Waals surface area contributed by atoms with Crippen molar-refractivity contribution in [2.75, 3.05) is 6.54 Å². The lowest BCUT2D eigenvalue weighted by Gasteiger charge is -1.99. The van der Waals surface area contributed by atoms with Crippen molar-refractivity contribution in [2.45, 2.75) is 6.42 Å². The van der Waals surface area contributed by atoms with Gasteiger partial charge in [-0.15, -0.1) is 0 Å². The predicted molar refractivity (Wildman–Crippen MR) is 71.5 cm³/mol. The number of para-hydroxylation sites is 1. The van der Waals surface area contributed by atoms with Crippen LogP contribution in [0.2, 0.25) is 0 Å². The summed E-state index contributed by atoms with van der Waals surface area (Å²) in [6.45, 7) is 0.455. The lowest BCUT2D eigenvalue weighted by Crippen LogP contribution is -2.12. The fraction of sp³-hybridized carbons (Fsp3) is 0.154. The minimum absolute atomic E-state index is 0.0965. The Kier molecular flexibility index (Phi) is 2.53. The second-order valence-corrected chi connectivity index (χ2v) is 4.22. The molecule has 18 heavy (non-hydrogen) atoms. The molecule has 0 aliphatic carbocycles. The third-order valence-corrected chi connectivity index (χ3v) is 3.13. The Morgan fingerprint density at radius 2 is 2.00 bits per heavy atom. The van der Waals surface area contributed by atoms with Gasteiger partial charge in [0.2, 0.25) is 0 Å². The first-order valence-electron chi connectivity index (χ1n) is 5.87. The van der Waals surface area contributed by atoms with Gasteiger partial charge in [-0.3, -0.25) is 15.0 Å². The molecule has 92 valence electrons. The zero-order valence-electron chi connectivity index (χ0n) is 9.79. The molecule has 0 bridgehead atoms. The Labute approximate surface area is 103 Å². The number of H-pyrrole nitrogens is 3. The van der Waals surface area contributed by atoms with Crippen molar-refractivity contribution >= 4 is 10.9 Å². The molecule has 2 aromatic heterocycles. The van der Waals surface area contributed by atoms with Crippen molar-refractivity contribution in [3.63, 3.8) is 0 Å². The topological polar surface area (TPSA) is 90.5 Å². The van der Waals surface area contributed by atoms with Crippen LogP contribution in [0.1, 0.15) is 5.56 Å². The van der Waals surface area contributed by atoms with E-state index in [9.17, 15) is 4.79 Å². The summed E-state index contributed by atoms with van der Waals surface area (Å²) in [7, 11) is 0. The average molecular weight is 242 g/mol. The van der Waals surface area contributed by atoms with Gasteiger partial charge in [0.15, 0.2) is 0 Å². The molecule has 5 heteroatoms. The van der Waals surface area contributed by atoms with Crippen molar-refractivity contribution in [3.8, 4) is 11.3 Å². The van der Waals surface area contributed by atoms with Crippen LogP contribution in [0.15, 0.2) is 35.3 Å². The first-order chi connectivity index (χ1) is 8.81. The number of rotatable bonds is 3. The first kappa shape index (κ1) is 10.9. The summed E-state index contributed by atoms with van der Waals surface area (Å²) in [5.74, 6) is 0. The van der Waals surface area contributed by atoms with Crippen molar-refractivity contribution in [2.24, 2.45) is 5.73 Å². The second kappa shape index (κ2) is 4.19. The Hall–Kier alpha value is -2.27. The quantitative estimate of drug-likeness (QED) is 0.558. The highest BCUT2D eigenvalue weighted by atomic mass is 16.1. The standard InChI is InChI=1S/C13H14N4O/c14-6-5-9-12(16-17-13(9)18)10-7-15-11-4-2-1-3-8(10)11/h1-4,7,15H,5-6,14H2,(H2,16,17,18). The molecule has 3 aromatic rings. The van der Waals surface area contributed by atoms with E-state index in [4.69, 9.17) is 5.73 Å². The number of nitrogens with two attached hydrogens (primary N) is 1. The Bertz CT molecular complexity index is 735. The van der Waals surface area contributed by atoms with Crippen LogP contribution in [0.3, 0.4) is 0 Å². The van der Waals surface area contributed by atoms with E-state index < -0.39 is 0 Å². The molecule has 0 saturated carbocycles. The fourth-order valence-corrected chi connectivity index (χ4v) is 2.27. The molecular formula is C13H14N4O. The Morgan fingerprint density at radius 3 is 2.83 bits per heavy atom. The number of nitrogens with one attached hydrogen (secondary N) is 3. The van der Waals surface area contributed by atoms with Gasteiger partial charge in [0.1, 0.15) is 0 Å². The molecule has 5 nitrogen and oxygen atoms in total. The fourth-order valence-electron chi connectivity index (χ4n) is 2.27. The van der Waals surface area contributed by atoms with Gasteiger partial charge in [-0.05, 0) is 19.0 Å². The maximum absolute atomic E-state index is 11.7. The van der Waals surface area contributed by atoms with Gasteiger partial charge >= 0.3 is 0 Å². The molecule has 5 N–H and O–H groups in total. The summed E-state index contributed by atoms with van der Waals surface area (Å²) in [6.07, 6.45) is 2.47. The number of aromatic amines is 3. The molecule has 0 spiro atoms. The van der Waals surface area contributed by atoms with E-state index in [2.05, 4.69) is 15.2 Å². The number of hydrogen-bond acceptors (Lipinski definition) is 2. The van der Waals surface area contributed by atoms with Crippen LogP contribution >= 0.6 is 0 Å². The predicted octanol–water partition coefficient (Wildman–Crippen LogP) is 1.35. The third kappa shape index (κ3) is 1.56. The first-order valence-corrected chi connectivity index (χ1v) is 5.87. The average Bonchev–Trinajstić information content (AvgIpc) is 2.95. The van der Waals surface area contributed by atoms with Crippen LogP contribution in [-0.2, 0) is 6.42 Å². The Balaban J connectivity index is 2.23. The molecule has 0 aliphatic rings. The van der Waals surface area contributed by atoms with E-state index in [1.807, 2.05) is 30.5 Å². The lowest BCUT2D eigenvalue weighted by molar-refractivity contribution is 0.960. The molecule has 3 rings (SSSR count). The van der Waals surface area contributed by atoms with Gasteiger partial charge in [-0.1, -0.05) is 18.2 Å². The molecular weight excluding hydrogens is 228 g/mol. The largest absolute Gasteiger partial charge is 0.360 e. The Morgan fingerprint density at radius 1 is 1.17 bits per heavy atom. The van der Waals surface area contributed by atoms with E-state index >= 15 is 0 Å². The zero-order chi connectivity index (χ0) is 12.5. The summed E-state index contributed by atoms with van der Waals surface area (Å²) in [4.78, 5) is 14.9. The maximum Gasteiger partial charge on any atom is 0.267 e. The number of fused-ring (bicyclic) bond motifs is 1. The van der Waals surface area contributed by atoms with E-state index in [1.165, 1.54) is 0 Å². The summed E-state index contributed by atoms with van der Waals surface area (Å²) in [5, 5.41) is 6.65. The van der Waals surface area contributed by atoms with Crippen LogP contribution in [-0.4, -0.2) is 21.7 Å². The smallest absolute Gasteiger partial charge is 0.267 e. The molecule has 0 saturated heterocycles. The van der Waals surface area contributed by atoms with Crippen molar-refractivity contribution in [3.05, 3.63) is 46.4 Å². The maximum atomic E-state index is 11.7. The minimum Gasteiger partial charge on any atom is -0.360 e. The van der Waals surface area contributed by atoms with Crippen LogP contribution in [0.4, 0.5) is 0 Å². The molecule has 0 amide bonds. The molecule has 0 fully saturated rings. The normalized spacial score (nSPS) is 11.2. The van der Waals surface area contributed by atoms with E-state index in [1.54, 1.807) is 0 Å². The molecule has 0 radical (unpaired) electrons. The summed E-state index contributed by atoms with van der Waals surface area (Å²) < 4.78 is 0. The monoisotopic (exact) mass is 242 g/mol. The van der Waals surface area contributed by atoms with Crippen molar-refractivity contribution in [1.82, 2.24) is 15.2 Å². The third-order valence-electron chi connectivity index (χ3n) is 3.13. The highest BCUT2D eigenvalue weighted by molar-refractivity contribution is 5.95. The van der Waals surface area contributed by atoms with Gasteiger partial charge in [0.25, 0.3) is 5.56 Å². The van der Waals surface area contributed by atoms with Crippen molar-refractivity contribution < 1.29 is 0 Å². The molecule has 1 aromatic carbocycles. The summed E-state index contributed by atoms with van der Waals surface area (Å²) >= 11 is 0. The van der Waals surface area contributed by atoms with Crippen LogP contribution in [0, 0.1) is 0 Å². The van der Waals surface area contributed by atoms with Crippen LogP contribution in [0.5, 0.6) is 0 Å². The van der Waals surface area contributed by atoms with Gasteiger partial charge in [0.05, 0.1) is 5.69 Å². The van der Waals surface area contributed by atoms with E-state index in [-0.39, 0.29) is 5.56 Å². The SMILES string of the molecule is NCCc1c(-c2c[nH]c3ccccc23)[nH][nH]c1=O. The number of benzene rings is 1. The zero-order valence-corrected chi connectivity index (χ0v) is 9.79.